The van der Waals surface area contributed by atoms with Crippen molar-refractivity contribution in [3.8, 4) is 0 Å². The van der Waals surface area contributed by atoms with Crippen LogP contribution in [0.25, 0.3) is 0 Å². The first-order chi connectivity index (χ1) is 10.2. The molecule has 21 heavy (non-hydrogen) atoms. The number of nitrogens with zero attached hydrogens (tertiary/aromatic N) is 1. The maximum atomic E-state index is 12.2. The molecule has 0 heterocycles. The number of hydrogen-bond donors (Lipinski definition) is 0. The number of carbonyl (C=O) groups excluding carboxylic acids is 1. The van der Waals surface area contributed by atoms with Crippen molar-refractivity contribution in [1.29, 1.82) is 0 Å². The van der Waals surface area contributed by atoms with Crippen molar-refractivity contribution in [1.82, 2.24) is 4.90 Å². The molecule has 1 aliphatic carbocycles. The van der Waals surface area contributed by atoms with Crippen LogP contribution < -0.4 is 0 Å². The first-order valence-electron chi connectivity index (χ1n) is 8.59. The predicted octanol–water partition coefficient (Wildman–Crippen LogP) is 4.26. The predicted molar refractivity (Wildman–Crippen MR) is 89.0 cm³/mol. The van der Waals surface area contributed by atoms with Gasteiger partial charge in [0.15, 0.2) is 5.78 Å². The molecule has 0 saturated carbocycles. The van der Waals surface area contributed by atoms with Gasteiger partial charge in [-0.15, -0.1) is 0 Å². The summed E-state index contributed by atoms with van der Waals surface area (Å²) in [6.45, 7) is 8.83. The minimum Gasteiger partial charge on any atom is -0.300 e. The molecule has 2 heteroatoms. The summed E-state index contributed by atoms with van der Waals surface area (Å²) < 4.78 is 0. The molecule has 116 valence electrons. The largest absolute Gasteiger partial charge is 0.300 e. The lowest BCUT2D eigenvalue weighted by Crippen LogP contribution is -2.40. The Balaban J connectivity index is 2.23. The van der Waals surface area contributed by atoms with Crippen LogP contribution in [0.3, 0.4) is 0 Å². The van der Waals surface area contributed by atoms with Crippen molar-refractivity contribution in [2.24, 2.45) is 0 Å². The van der Waals surface area contributed by atoms with Crippen LogP contribution in [0.2, 0.25) is 0 Å². The zero-order chi connectivity index (χ0) is 15.2. The Morgan fingerprint density at radius 2 is 1.90 bits per heavy atom. The van der Waals surface area contributed by atoms with E-state index in [1.807, 2.05) is 13.0 Å². The SMILES string of the molecule is CCCN(CCC)[C@@H]1CCc2cccc(C(=O)CC)c2C1. The van der Waals surface area contributed by atoms with Crippen LogP contribution in [0.5, 0.6) is 0 Å². The summed E-state index contributed by atoms with van der Waals surface area (Å²) in [6.07, 6.45) is 6.43. The third-order valence-electron chi connectivity index (χ3n) is 4.62. The molecule has 0 fully saturated rings. The van der Waals surface area contributed by atoms with Crippen molar-refractivity contribution in [2.45, 2.75) is 65.3 Å². The Bertz CT molecular complexity index is 474. The Labute approximate surface area is 129 Å². The molecule has 2 nitrogen and oxygen atoms in total. The van der Waals surface area contributed by atoms with Gasteiger partial charge in [-0.05, 0) is 56.3 Å². The maximum absolute atomic E-state index is 12.2. The summed E-state index contributed by atoms with van der Waals surface area (Å²) in [6, 6.07) is 6.90. The Kier molecular flexibility index (Phi) is 5.98. The number of rotatable bonds is 7. The smallest absolute Gasteiger partial charge is 0.162 e. The molecule has 1 aromatic carbocycles. The van der Waals surface area contributed by atoms with Gasteiger partial charge in [-0.25, -0.2) is 0 Å². The molecular formula is C19H29NO. The van der Waals surface area contributed by atoms with E-state index in [9.17, 15) is 4.79 Å². The molecule has 0 bridgehead atoms. The van der Waals surface area contributed by atoms with Crippen molar-refractivity contribution in [3.05, 3.63) is 34.9 Å². The van der Waals surface area contributed by atoms with Crippen LogP contribution in [-0.2, 0) is 12.8 Å². The highest BCUT2D eigenvalue weighted by molar-refractivity contribution is 5.97. The summed E-state index contributed by atoms with van der Waals surface area (Å²) >= 11 is 0. The molecule has 1 aliphatic rings. The maximum Gasteiger partial charge on any atom is 0.162 e. The van der Waals surface area contributed by atoms with Gasteiger partial charge in [-0.1, -0.05) is 39.0 Å². The lowest BCUT2D eigenvalue weighted by molar-refractivity contribution is 0.0985. The average molecular weight is 287 g/mol. The highest BCUT2D eigenvalue weighted by atomic mass is 16.1. The van der Waals surface area contributed by atoms with Crippen molar-refractivity contribution < 1.29 is 4.79 Å². The van der Waals surface area contributed by atoms with Gasteiger partial charge >= 0.3 is 0 Å². The molecule has 0 radical (unpaired) electrons. The fourth-order valence-electron chi connectivity index (χ4n) is 3.58. The summed E-state index contributed by atoms with van der Waals surface area (Å²) in [7, 11) is 0. The number of Topliss-reactive ketones (excluding diaryl/α,β-unsaturated/α-hetero) is 1. The van der Waals surface area contributed by atoms with E-state index in [-0.39, 0.29) is 0 Å². The van der Waals surface area contributed by atoms with E-state index < -0.39 is 0 Å². The Hall–Kier alpha value is -1.15. The zero-order valence-corrected chi connectivity index (χ0v) is 13.8. The van der Waals surface area contributed by atoms with Gasteiger partial charge in [0.05, 0.1) is 0 Å². The fourth-order valence-corrected chi connectivity index (χ4v) is 3.58. The van der Waals surface area contributed by atoms with E-state index in [2.05, 4.69) is 30.9 Å². The van der Waals surface area contributed by atoms with Crippen LogP contribution in [0.15, 0.2) is 18.2 Å². The fraction of sp³-hybridized carbons (Fsp3) is 0.632. The lowest BCUT2D eigenvalue weighted by Gasteiger charge is -2.35. The van der Waals surface area contributed by atoms with E-state index in [1.54, 1.807) is 0 Å². The standard InChI is InChI=1S/C19H29NO/c1-4-12-20(13-5-2)16-11-10-15-8-7-9-17(18(15)14-16)19(21)6-3/h7-9,16H,4-6,10-14H2,1-3H3/t16-/m1/s1. The molecule has 0 spiro atoms. The summed E-state index contributed by atoms with van der Waals surface area (Å²) in [4.78, 5) is 14.8. The van der Waals surface area contributed by atoms with Gasteiger partial charge in [-0.3, -0.25) is 4.79 Å². The average Bonchev–Trinajstić information content (AvgIpc) is 2.53. The monoisotopic (exact) mass is 287 g/mol. The Morgan fingerprint density at radius 1 is 1.19 bits per heavy atom. The van der Waals surface area contributed by atoms with Crippen LogP contribution in [0.1, 0.15) is 67.9 Å². The van der Waals surface area contributed by atoms with Crippen molar-refractivity contribution >= 4 is 5.78 Å². The van der Waals surface area contributed by atoms with E-state index in [4.69, 9.17) is 0 Å². The topological polar surface area (TPSA) is 20.3 Å². The highest BCUT2D eigenvalue weighted by Gasteiger charge is 2.26. The second-order valence-electron chi connectivity index (χ2n) is 6.15. The van der Waals surface area contributed by atoms with E-state index in [0.29, 0.717) is 18.2 Å². The number of aryl methyl sites for hydroxylation is 1. The lowest BCUT2D eigenvalue weighted by atomic mass is 9.83. The minimum absolute atomic E-state index is 0.296. The van der Waals surface area contributed by atoms with Gasteiger partial charge in [0.2, 0.25) is 0 Å². The number of hydrogen-bond acceptors (Lipinski definition) is 2. The molecule has 0 aromatic heterocycles. The van der Waals surface area contributed by atoms with Gasteiger partial charge in [0.25, 0.3) is 0 Å². The third-order valence-corrected chi connectivity index (χ3v) is 4.62. The number of ketones is 1. The van der Waals surface area contributed by atoms with E-state index in [1.165, 1.54) is 43.5 Å². The number of fused-ring (bicyclic) bond motifs is 1. The molecule has 0 amide bonds. The normalized spacial score (nSPS) is 17.8. The highest BCUT2D eigenvalue weighted by Crippen LogP contribution is 2.28. The second-order valence-corrected chi connectivity index (χ2v) is 6.15. The molecule has 1 aromatic rings. The van der Waals surface area contributed by atoms with Crippen molar-refractivity contribution in [3.63, 3.8) is 0 Å². The number of benzene rings is 1. The van der Waals surface area contributed by atoms with Crippen LogP contribution in [0, 0.1) is 0 Å². The third kappa shape index (κ3) is 3.74. The first-order valence-corrected chi connectivity index (χ1v) is 8.59. The van der Waals surface area contributed by atoms with Crippen LogP contribution in [-0.4, -0.2) is 29.8 Å². The van der Waals surface area contributed by atoms with E-state index >= 15 is 0 Å². The first kappa shape index (κ1) is 16.2. The summed E-state index contributed by atoms with van der Waals surface area (Å²) in [5, 5.41) is 0. The Morgan fingerprint density at radius 3 is 2.52 bits per heavy atom. The number of carbonyl (C=O) groups is 1. The molecular weight excluding hydrogens is 258 g/mol. The molecule has 1 atom stereocenters. The molecule has 0 saturated heterocycles. The van der Waals surface area contributed by atoms with E-state index in [0.717, 1.165) is 18.4 Å². The minimum atomic E-state index is 0.296. The second kappa shape index (κ2) is 7.74. The zero-order valence-electron chi connectivity index (χ0n) is 13.8. The van der Waals surface area contributed by atoms with Crippen molar-refractivity contribution in [2.75, 3.05) is 13.1 Å². The van der Waals surface area contributed by atoms with Gasteiger partial charge in [-0.2, -0.15) is 0 Å². The molecule has 0 unspecified atom stereocenters. The van der Waals surface area contributed by atoms with Gasteiger partial charge < -0.3 is 4.90 Å². The molecule has 0 N–H and O–H groups in total. The van der Waals surface area contributed by atoms with Crippen LogP contribution >= 0.6 is 0 Å². The quantitative estimate of drug-likeness (QED) is 0.698. The molecule has 2 rings (SSSR count). The van der Waals surface area contributed by atoms with Gasteiger partial charge in [0.1, 0.15) is 0 Å². The van der Waals surface area contributed by atoms with Gasteiger partial charge in [0, 0.05) is 18.0 Å². The van der Waals surface area contributed by atoms with Crippen LogP contribution in [0.4, 0.5) is 0 Å². The molecule has 0 aliphatic heterocycles. The summed E-state index contributed by atoms with van der Waals surface area (Å²) in [5.41, 5.74) is 3.71. The summed E-state index contributed by atoms with van der Waals surface area (Å²) in [5.74, 6) is 0.296.